The molecule has 4 rings (SSSR count). The Bertz CT molecular complexity index is 673. The number of esters is 1. The van der Waals surface area contributed by atoms with Gasteiger partial charge in [-0.2, -0.15) is 4.99 Å². The monoisotopic (exact) mass is 288 g/mol. The molecule has 0 spiro atoms. The molecule has 3 aliphatic heterocycles. The molecule has 4 heterocycles. The van der Waals surface area contributed by atoms with Crippen LogP contribution in [0.5, 0.6) is 5.75 Å². The van der Waals surface area contributed by atoms with E-state index in [1.165, 1.54) is 12.3 Å². The summed E-state index contributed by atoms with van der Waals surface area (Å²) in [6.45, 7) is 3.85. The third-order valence-electron chi connectivity index (χ3n) is 5.42. The van der Waals surface area contributed by atoms with Gasteiger partial charge >= 0.3 is 5.97 Å². The molecule has 4 atom stereocenters. The summed E-state index contributed by atoms with van der Waals surface area (Å²) < 4.78 is 11.4. The highest BCUT2D eigenvalue weighted by Crippen LogP contribution is 2.64. The van der Waals surface area contributed by atoms with E-state index in [1.807, 2.05) is 13.8 Å². The van der Waals surface area contributed by atoms with Gasteiger partial charge < -0.3 is 14.6 Å². The van der Waals surface area contributed by atoms with Crippen LogP contribution in [0.15, 0.2) is 23.3 Å². The van der Waals surface area contributed by atoms with Crippen LogP contribution >= 0.6 is 0 Å². The Morgan fingerprint density at radius 3 is 2.76 bits per heavy atom. The van der Waals surface area contributed by atoms with E-state index in [-0.39, 0.29) is 29.7 Å². The molecule has 6 nitrogen and oxygen atoms in total. The number of aliphatic imine (C=N–C) groups is 1. The molecule has 3 fully saturated rings. The number of carbonyl (C=O) groups is 1. The van der Waals surface area contributed by atoms with Gasteiger partial charge in [0.15, 0.2) is 11.6 Å². The summed E-state index contributed by atoms with van der Waals surface area (Å²) in [5.41, 5.74) is -1.31. The standard InChI is InChI=1S/C15H16N2O4/c1-14-9-5-6-10(20-9)15(14,2)13(19)21-12(14)17-11-8(18)4-3-7-16-11/h3-4,7,9-10,18H,5-6H2,1-2H3/b17-12-/t9-,10+,14+,15-/m0/s1. The Balaban J connectivity index is 1.85. The maximum absolute atomic E-state index is 12.4. The van der Waals surface area contributed by atoms with Crippen LogP contribution in [-0.2, 0) is 14.3 Å². The summed E-state index contributed by atoms with van der Waals surface area (Å²) in [5, 5.41) is 9.82. The largest absolute Gasteiger partial charge is 0.504 e. The second-order valence-electron chi connectivity index (χ2n) is 6.25. The second-order valence-corrected chi connectivity index (χ2v) is 6.25. The number of nitrogens with zero attached hydrogens (tertiary/aromatic N) is 2. The van der Waals surface area contributed by atoms with Crippen LogP contribution in [0.25, 0.3) is 0 Å². The second kappa shape index (κ2) is 3.82. The molecular weight excluding hydrogens is 272 g/mol. The van der Waals surface area contributed by atoms with Crippen molar-refractivity contribution in [2.75, 3.05) is 0 Å². The number of aromatic hydroxyl groups is 1. The number of fused-ring (bicyclic) bond motifs is 5. The van der Waals surface area contributed by atoms with Gasteiger partial charge in [-0.05, 0) is 38.8 Å². The molecule has 6 heteroatoms. The van der Waals surface area contributed by atoms with Crippen molar-refractivity contribution in [1.29, 1.82) is 0 Å². The summed E-state index contributed by atoms with van der Waals surface area (Å²) in [4.78, 5) is 20.7. The van der Waals surface area contributed by atoms with Gasteiger partial charge in [0.25, 0.3) is 0 Å². The van der Waals surface area contributed by atoms with Crippen molar-refractivity contribution in [3.63, 3.8) is 0 Å². The van der Waals surface area contributed by atoms with Crippen molar-refractivity contribution in [3.8, 4) is 5.75 Å². The average molecular weight is 288 g/mol. The quantitative estimate of drug-likeness (QED) is 0.799. The third-order valence-corrected chi connectivity index (χ3v) is 5.42. The number of pyridine rings is 1. The molecule has 0 amide bonds. The number of carbonyl (C=O) groups excluding carboxylic acids is 1. The van der Waals surface area contributed by atoms with E-state index in [2.05, 4.69) is 9.98 Å². The van der Waals surface area contributed by atoms with Crippen LogP contribution in [0, 0.1) is 10.8 Å². The van der Waals surface area contributed by atoms with Crippen molar-refractivity contribution in [2.45, 2.75) is 38.9 Å². The first-order chi connectivity index (χ1) is 9.98. The molecule has 1 N–H and O–H groups in total. The van der Waals surface area contributed by atoms with Crippen molar-refractivity contribution < 1.29 is 19.4 Å². The van der Waals surface area contributed by atoms with E-state index in [4.69, 9.17) is 9.47 Å². The fourth-order valence-electron chi connectivity index (χ4n) is 3.87. The minimum Gasteiger partial charge on any atom is -0.504 e. The molecule has 1 aromatic rings. The Morgan fingerprint density at radius 1 is 1.33 bits per heavy atom. The maximum Gasteiger partial charge on any atom is 0.322 e. The molecule has 3 saturated heterocycles. The molecule has 0 aliphatic carbocycles. The predicted molar refractivity (Wildman–Crippen MR) is 73.2 cm³/mol. The van der Waals surface area contributed by atoms with E-state index in [0.717, 1.165) is 12.8 Å². The smallest absolute Gasteiger partial charge is 0.322 e. The van der Waals surface area contributed by atoms with Gasteiger partial charge in [-0.15, -0.1) is 0 Å². The summed E-state index contributed by atoms with van der Waals surface area (Å²) in [7, 11) is 0. The lowest BCUT2D eigenvalue weighted by molar-refractivity contribution is -0.146. The molecular formula is C15H16N2O4. The minimum atomic E-state index is -0.709. The van der Waals surface area contributed by atoms with Gasteiger partial charge in [0.2, 0.25) is 5.90 Å². The Morgan fingerprint density at radius 2 is 2.05 bits per heavy atom. The van der Waals surface area contributed by atoms with E-state index in [9.17, 15) is 9.90 Å². The zero-order chi connectivity index (χ0) is 14.8. The molecule has 2 bridgehead atoms. The number of ether oxygens (including phenoxy) is 2. The summed E-state index contributed by atoms with van der Waals surface area (Å²) in [5.74, 6) is 0.124. The van der Waals surface area contributed by atoms with Gasteiger partial charge in [0, 0.05) is 6.20 Å². The summed E-state index contributed by atoms with van der Waals surface area (Å²) in [6.07, 6.45) is 3.09. The van der Waals surface area contributed by atoms with E-state index >= 15 is 0 Å². The van der Waals surface area contributed by atoms with Crippen molar-refractivity contribution >= 4 is 17.7 Å². The topological polar surface area (TPSA) is 81.0 Å². The SMILES string of the molecule is C[C@@]12/C(=N/c3ncccc3O)OC(=O)[C@]1(C)[C@H]1CC[C@@H]2O1. The first kappa shape index (κ1) is 12.8. The minimum absolute atomic E-state index is 0.0395. The van der Waals surface area contributed by atoms with Gasteiger partial charge in [0.05, 0.1) is 17.6 Å². The number of cyclic esters (lactones) is 1. The Hall–Kier alpha value is -1.95. The van der Waals surface area contributed by atoms with Crippen LogP contribution in [-0.4, -0.2) is 34.2 Å². The molecule has 0 unspecified atom stereocenters. The molecule has 1 aromatic heterocycles. The lowest BCUT2D eigenvalue weighted by Gasteiger charge is -2.36. The average Bonchev–Trinajstić information content (AvgIpc) is 3.08. The highest BCUT2D eigenvalue weighted by Gasteiger charge is 2.75. The zero-order valence-corrected chi connectivity index (χ0v) is 11.9. The number of aromatic nitrogens is 1. The van der Waals surface area contributed by atoms with Crippen LogP contribution in [0.4, 0.5) is 5.82 Å². The zero-order valence-electron chi connectivity index (χ0n) is 11.9. The number of hydrogen-bond donors (Lipinski definition) is 1. The third kappa shape index (κ3) is 1.33. The molecule has 0 aromatic carbocycles. The van der Waals surface area contributed by atoms with Gasteiger partial charge in [-0.1, -0.05) is 0 Å². The Kier molecular flexibility index (Phi) is 2.32. The fraction of sp³-hybridized carbons (Fsp3) is 0.533. The van der Waals surface area contributed by atoms with Crippen LogP contribution < -0.4 is 0 Å². The molecule has 110 valence electrons. The van der Waals surface area contributed by atoms with Crippen LogP contribution in [0.3, 0.4) is 0 Å². The molecule has 0 saturated carbocycles. The van der Waals surface area contributed by atoms with Crippen molar-refractivity contribution in [3.05, 3.63) is 18.3 Å². The Labute approximate surface area is 121 Å². The van der Waals surface area contributed by atoms with Crippen molar-refractivity contribution in [1.82, 2.24) is 4.98 Å². The fourth-order valence-corrected chi connectivity index (χ4v) is 3.87. The number of rotatable bonds is 1. The van der Waals surface area contributed by atoms with Crippen LogP contribution in [0.2, 0.25) is 0 Å². The molecule has 3 aliphatic rings. The first-order valence-corrected chi connectivity index (χ1v) is 7.09. The van der Waals surface area contributed by atoms with E-state index < -0.39 is 10.8 Å². The molecule has 21 heavy (non-hydrogen) atoms. The summed E-state index contributed by atoms with van der Waals surface area (Å²) in [6, 6.07) is 3.12. The maximum atomic E-state index is 12.4. The number of hydrogen-bond acceptors (Lipinski definition) is 6. The van der Waals surface area contributed by atoms with E-state index in [1.54, 1.807) is 6.07 Å². The normalized spacial score (nSPS) is 42.4. The highest BCUT2D eigenvalue weighted by atomic mass is 16.6. The van der Waals surface area contributed by atoms with Gasteiger partial charge in [0.1, 0.15) is 5.41 Å². The van der Waals surface area contributed by atoms with Gasteiger partial charge in [-0.25, -0.2) is 4.98 Å². The van der Waals surface area contributed by atoms with E-state index in [0.29, 0.717) is 5.90 Å². The van der Waals surface area contributed by atoms with Crippen LogP contribution in [0.1, 0.15) is 26.7 Å². The van der Waals surface area contributed by atoms with Crippen molar-refractivity contribution in [2.24, 2.45) is 15.8 Å². The highest BCUT2D eigenvalue weighted by molar-refractivity contribution is 6.06. The molecule has 0 radical (unpaired) electrons. The lowest BCUT2D eigenvalue weighted by Crippen LogP contribution is -2.48. The summed E-state index contributed by atoms with van der Waals surface area (Å²) >= 11 is 0. The predicted octanol–water partition coefficient (Wildman–Crippen LogP) is 1.95. The van der Waals surface area contributed by atoms with Gasteiger partial charge in [-0.3, -0.25) is 4.79 Å². The first-order valence-electron chi connectivity index (χ1n) is 7.09. The lowest BCUT2D eigenvalue weighted by atomic mass is 9.59.